The average Bonchev–Trinajstić information content (AvgIpc) is 2.25. The minimum atomic E-state index is 0.611. The molecule has 2 nitrogen and oxygen atoms in total. The van der Waals surface area contributed by atoms with Crippen molar-refractivity contribution in [1.82, 2.24) is 4.90 Å². The maximum atomic E-state index is 5.25. The van der Waals surface area contributed by atoms with Gasteiger partial charge >= 0.3 is 0 Å². The quantitative estimate of drug-likeness (QED) is 0.758. The molecule has 0 aliphatic carbocycles. The topological polar surface area (TPSA) is 12.5 Å². The van der Waals surface area contributed by atoms with E-state index in [9.17, 15) is 0 Å². The molecule has 0 aliphatic heterocycles. The Kier molecular flexibility index (Phi) is 4.81. The summed E-state index contributed by atoms with van der Waals surface area (Å²) in [5.74, 6) is 0.973. The molecule has 0 aromatic heterocycles. The highest BCUT2D eigenvalue weighted by Gasteiger charge is 2.04. The number of hydrogen-bond donors (Lipinski definition) is 0. The van der Waals surface area contributed by atoms with Crippen molar-refractivity contribution >= 4 is 0 Å². The normalized spacial score (nSPS) is 11.2. The van der Waals surface area contributed by atoms with E-state index < -0.39 is 0 Å². The maximum absolute atomic E-state index is 5.25. The highest BCUT2D eigenvalue weighted by molar-refractivity contribution is 5.36. The van der Waals surface area contributed by atoms with Crippen molar-refractivity contribution in [2.24, 2.45) is 0 Å². The van der Waals surface area contributed by atoms with Gasteiger partial charge < -0.3 is 9.64 Å². The first-order chi connectivity index (χ1) is 7.54. The van der Waals surface area contributed by atoms with Crippen LogP contribution in [0.3, 0.4) is 0 Å². The van der Waals surface area contributed by atoms with Gasteiger partial charge in [0.05, 0.1) is 7.11 Å². The van der Waals surface area contributed by atoms with Crippen LogP contribution < -0.4 is 4.74 Å². The summed E-state index contributed by atoms with van der Waals surface area (Å²) in [6, 6.07) is 7.03. The highest BCUT2D eigenvalue weighted by atomic mass is 16.5. The standard InChI is InChI=1S/C14H23NO/c1-11(2)15(4)9-8-13-6-7-14(16-5)12(3)10-13/h6-7,10-11H,8-9H2,1-5H3. The number of likely N-dealkylation sites (N-methyl/N-ethyl adjacent to an activating group) is 1. The lowest BCUT2D eigenvalue weighted by Crippen LogP contribution is -2.28. The molecule has 1 aromatic rings. The fraction of sp³-hybridized carbons (Fsp3) is 0.571. The smallest absolute Gasteiger partial charge is 0.121 e. The number of aryl methyl sites for hydroxylation is 1. The molecule has 1 rings (SSSR count). The molecule has 0 spiro atoms. The number of hydrogen-bond acceptors (Lipinski definition) is 2. The fourth-order valence-corrected chi connectivity index (χ4v) is 1.66. The fourth-order valence-electron chi connectivity index (χ4n) is 1.66. The molecule has 0 unspecified atom stereocenters. The molecule has 2 heteroatoms. The van der Waals surface area contributed by atoms with Crippen LogP contribution in [-0.2, 0) is 6.42 Å². The first-order valence-electron chi connectivity index (χ1n) is 5.88. The molecule has 16 heavy (non-hydrogen) atoms. The van der Waals surface area contributed by atoms with Crippen LogP contribution in [0.15, 0.2) is 18.2 Å². The number of ether oxygens (including phenoxy) is 1. The number of benzene rings is 1. The minimum Gasteiger partial charge on any atom is -0.496 e. The summed E-state index contributed by atoms with van der Waals surface area (Å²) in [6.45, 7) is 7.64. The third-order valence-electron chi connectivity index (χ3n) is 3.09. The van der Waals surface area contributed by atoms with Crippen molar-refractivity contribution in [1.29, 1.82) is 0 Å². The number of rotatable bonds is 5. The van der Waals surface area contributed by atoms with E-state index in [0.717, 1.165) is 18.7 Å². The first-order valence-corrected chi connectivity index (χ1v) is 5.88. The van der Waals surface area contributed by atoms with Gasteiger partial charge in [-0.3, -0.25) is 0 Å². The van der Waals surface area contributed by atoms with Gasteiger partial charge in [-0.05, 0) is 51.4 Å². The molecular weight excluding hydrogens is 198 g/mol. The summed E-state index contributed by atoms with van der Waals surface area (Å²) in [5.41, 5.74) is 2.60. The van der Waals surface area contributed by atoms with Crippen LogP contribution in [0.1, 0.15) is 25.0 Å². The lowest BCUT2D eigenvalue weighted by Gasteiger charge is -2.20. The van der Waals surface area contributed by atoms with Gasteiger partial charge in [0.25, 0.3) is 0 Å². The Hall–Kier alpha value is -1.02. The van der Waals surface area contributed by atoms with Gasteiger partial charge in [0, 0.05) is 12.6 Å². The minimum absolute atomic E-state index is 0.611. The Morgan fingerprint density at radius 1 is 1.31 bits per heavy atom. The maximum Gasteiger partial charge on any atom is 0.121 e. The Morgan fingerprint density at radius 2 is 2.00 bits per heavy atom. The van der Waals surface area contributed by atoms with E-state index in [0.29, 0.717) is 6.04 Å². The van der Waals surface area contributed by atoms with Gasteiger partial charge in [0.1, 0.15) is 5.75 Å². The van der Waals surface area contributed by atoms with Crippen molar-refractivity contribution < 1.29 is 4.74 Å². The predicted molar refractivity (Wildman–Crippen MR) is 69.2 cm³/mol. The van der Waals surface area contributed by atoms with Gasteiger partial charge in [-0.2, -0.15) is 0 Å². The molecule has 90 valence electrons. The second kappa shape index (κ2) is 5.90. The molecule has 0 N–H and O–H groups in total. The largest absolute Gasteiger partial charge is 0.496 e. The van der Waals surface area contributed by atoms with Crippen molar-refractivity contribution in [2.45, 2.75) is 33.2 Å². The van der Waals surface area contributed by atoms with Crippen LogP contribution >= 0.6 is 0 Å². The number of nitrogens with zero attached hydrogens (tertiary/aromatic N) is 1. The lowest BCUT2D eigenvalue weighted by atomic mass is 10.1. The molecule has 0 saturated carbocycles. The zero-order valence-corrected chi connectivity index (χ0v) is 11.1. The predicted octanol–water partition coefficient (Wildman–Crippen LogP) is 2.89. The van der Waals surface area contributed by atoms with E-state index in [1.807, 2.05) is 0 Å². The molecule has 0 saturated heterocycles. The van der Waals surface area contributed by atoms with Gasteiger partial charge in [-0.15, -0.1) is 0 Å². The average molecular weight is 221 g/mol. The molecule has 0 radical (unpaired) electrons. The van der Waals surface area contributed by atoms with E-state index in [4.69, 9.17) is 4.74 Å². The second-order valence-electron chi connectivity index (χ2n) is 4.63. The third kappa shape index (κ3) is 3.53. The Balaban J connectivity index is 2.58. The molecule has 0 amide bonds. The van der Waals surface area contributed by atoms with Crippen LogP contribution in [-0.4, -0.2) is 31.6 Å². The zero-order valence-electron chi connectivity index (χ0n) is 11.1. The van der Waals surface area contributed by atoms with E-state index in [2.05, 4.69) is 50.9 Å². The van der Waals surface area contributed by atoms with Crippen LogP contribution in [0.25, 0.3) is 0 Å². The molecular formula is C14H23NO. The van der Waals surface area contributed by atoms with Crippen LogP contribution in [0.2, 0.25) is 0 Å². The Bertz CT molecular complexity index is 334. The lowest BCUT2D eigenvalue weighted by molar-refractivity contribution is 0.277. The van der Waals surface area contributed by atoms with Gasteiger partial charge in [-0.1, -0.05) is 12.1 Å². The van der Waals surface area contributed by atoms with Crippen LogP contribution in [0, 0.1) is 6.92 Å². The third-order valence-corrected chi connectivity index (χ3v) is 3.09. The van der Waals surface area contributed by atoms with Crippen LogP contribution in [0.5, 0.6) is 5.75 Å². The van der Waals surface area contributed by atoms with Crippen LogP contribution in [0.4, 0.5) is 0 Å². The molecule has 0 aliphatic rings. The summed E-state index contributed by atoms with van der Waals surface area (Å²) in [4.78, 5) is 2.36. The Labute approximate surface area is 99.2 Å². The molecule has 1 aromatic carbocycles. The van der Waals surface area contributed by atoms with Crippen molar-refractivity contribution in [3.63, 3.8) is 0 Å². The molecule has 0 fully saturated rings. The van der Waals surface area contributed by atoms with E-state index in [-0.39, 0.29) is 0 Å². The van der Waals surface area contributed by atoms with E-state index in [1.54, 1.807) is 7.11 Å². The summed E-state index contributed by atoms with van der Waals surface area (Å²) in [6.07, 6.45) is 1.10. The van der Waals surface area contributed by atoms with E-state index in [1.165, 1.54) is 11.1 Å². The summed E-state index contributed by atoms with van der Waals surface area (Å²) < 4.78 is 5.25. The van der Waals surface area contributed by atoms with Crippen molar-refractivity contribution in [3.05, 3.63) is 29.3 Å². The molecule has 0 bridgehead atoms. The van der Waals surface area contributed by atoms with E-state index >= 15 is 0 Å². The second-order valence-corrected chi connectivity index (χ2v) is 4.63. The number of methoxy groups -OCH3 is 1. The van der Waals surface area contributed by atoms with Gasteiger partial charge in [-0.25, -0.2) is 0 Å². The summed E-state index contributed by atoms with van der Waals surface area (Å²) in [5, 5.41) is 0. The first kappa shape index (κ1) is 13.0. The zero-order chi connectivity index (χ0) is 12.1. The molecule has 0 atom stereocenters. The summed E-state index contributed by atoms with van der Waals surface area (Å²) >= 11 is 0. The highest BCUT2D eigenvalue weighted by Crippen LogP contribution is 2.18. The van der Waals surface area contributed by atoms with Crippen molar-refractivity contribution in [3.8, 4) is 5.75 Å². The van der Waals surface area contributed by atoms with Gasteiger partial charge in [0.15, 0.2) is 0 Å². The monoisotopic (exact) mass is 221 g/mol. The van der Waals surface area contributed by atoms with Crippen molar-refractivity contribution in [2.75, 3.05) is 20.7 Å². The Morgan fingerprint density at radius 3 is 2.50 bits per heavy atom. The summed E-state index contributed by atoms with van der Waals surface area (Å²) in [7, 11) is 3.88. The SMILES string of the molecule is COc1ccc(CCN(C)C(C)C)cc1C. The van der Waals surface area contributed by atoms with Gasteiger partial charge in [0.2, 0.25) is 0 Å². The molecule has 0 heterocycles.